The third kappa shape index (κ3) is 4.66. The van der Waals surface area contributed by atoms with Gasteiger partial charge in [-0.25, -0.2) is 4.79 Å². The number of urea groups is 1. The van der Waals surface area contributed by atoms with Crippen LogP contribution in [0.1, 0.15) is 11.1 Å². The number of carbonyl (C=O) groups excluding carboxylic acids is 1. The van der Waals surface area contributed by atoms with Crippen LogP contribution in [-0.4, -0.2) is 13.5 Å². The van der Waals surface area contributed by atoms with Gasteiger partial charge in [0, 0.05) is 17.3 Å². The van der Waals surface area contributed by atoms with E-state index >= 15 is 0 Å². The molecular weight excluding hydrogens is 375 g/mol. The van der Waals surface area contributed by atoms with Crippen LogP contribution in [0.2, 0.25) is 5.02 Å². The third-order valence-corrected chi connectivity index (χ3v) is 4.53. The molecule has 0 fully saturated rings. The molecule has 2 amide bonds. The van der Waals surface area contributed by atoms with Crippen molar-refractivity contribution in [2.75, 3.05) is 5.32 Å². The minimum atomic E-state index is -0.278. The van der Waals surface area contributed by atoms with E-state index in [0.29, 0.717) is 23.9 Å². The highest BCUT2D eigenvalue weighted by atomic mass is 35.5. The fourth-order valence-corrected chi connectivity index (χ4v) is 2.94. The molecular formula is C21H17BClN2O3. The number of hydrogen-bond acceptors (Lipinski definition) is 3. The first-order valence-corrected chi connectivity index (χ1v) is 9.18. The van der Waals surface area contributed by atoms with Crippen LogP contribution in [0.25, 0.3) is 0 Å². The molecule has 5 nitrogen and oxygen atoms in total. The zero-order valence-electron chi connectivity index (χ0n) is 14.9. The molecule has 28 heavy (non-hydrogen) atoms. The first-order valence-electron chi connectivity index (χ1n) is 8.81. The summed E-state index contributed by atoms with van der Waals surface area (Å²) < 4.78 is 11.2. The second-order valence-corrected chi connectivity index (χ2v) is 6.79. The van der Waals surface area contributed by atoms with Crippen LogP contribution in [0.15, 0.2) is 66.7 Å². The molecule has 2 N–H and O–H groups in total. The summed E-state index contributed by atoms with van der Waals surface area (Å²) in [5, 5.41) is 6.20. The van der Waals surface area contributed by atoms with E-state index in [-0.39, 0.29) is 6.03 Å². The van der Waals surface area contributed by atoms with E-state index in [4.69, 9.17) is 21.0 Å². The highest BCUT2D eigenvalue weighted by molar-refractivity contribution is 6.48. The van der Waals surface area contributed by atoms with E-state index in [0.717, 1.165) is 28.1 Å². The molecule has 0 saturated heterocycles. The van der Waals surface area contributed by atoms with Crippen LogP contribution in [-0.2, 0) is 17.8 Å². The monoisotopic (exact) mass is 391 g/mol. The molecule has 0 bridgehead atoms. The quantitative estimate of drug-likeness (QED) is 0.640. The molecule has 0 aliphatic carbocycles. The molecule has 139 valence electrons. The summed E-state index contributed by atoms with van der Waals surface area (Å²) >= 11 is 5.83. The number of nitrogens with one attached hydrogen (secondary N) is 2. The number of anilines is 1. The number of ether oxygens (including phenoxy) is 1. The molecule has 1 aliphatic heterocycles. The van der Waals surface area contributed by atoms with Crippen LogP contribution in [0.5, 0.6) is 11.5 Å². The van der Waals surface area contributed by atoms with E-state index < -0.39 is 0 Å². The molecule has 0 atom stereocenters. The Morgan fingerprint density at radius 1 is 1.04 bits per heavy atom. The molecule has 4 rings (SSSR count). The number of halogens is 1. The van der Waals surface area contributed by atoms with Crippen LogP contribution in [0, 0.1) is 0 Å². The van der Waals surface area contributed by atoms with E-state index in [1.54, 1.807) is 31.7 Å². The highest BCUT2D eigenvalue weighted by Crippen LogP contribution is 2.23. The van der Waals surface area contributed by atoms with Gasteiger partial charge in [-0.1, -0.05) is 29.8 Å². The normalized spacial score (nSPS) is 12.0. The van der Waals surface area contributed by atoms with Crippen LogP contribution >= 0.6 is 11.6 Å². The lowest BCUT2D eigenvalue weighted by atomic mass is 9.87. The Kier molecular flexibility index (Phi) is 5.51. The SMILES string of the molecule is O=C(NCc1ccc(Oc2ccc3c(c2)CO[B]3)cc1)Nc1ccc(Cl)cc1. The van der Waals surface area contributed by atoms with Crippen molar-refractivity contribution in [3.63, 3.8) is 0 Å². The van der Waals surface area contributed by atoms with Gasteiger partial charge in [0.25, 0.3) is 0 Å². The van der Waals surface area contributed by atoms with Gasteiger partial charge in [0.1, 0.15) is 11.5 Å². The Morgan fingerprint density at radius 3 is 2.57 bits per heavy atom. The summed E-state index contributed by atoms with van der Waals surface area (Å²) in [6.45, 7) is 0.987. The number of hydrogen-bond donors (Lipinski definition) is 2. The summed E-state index contributed by atoms with van der Waals surface area (Å²) in [7, 11) is 1.75. The lowest BCUT2D eigenvalue weighted by Gasteiger charge is -2.10. The number of carbonyl (C=O) groups is 1. The van der Waals surface area contributed by atoms with Gasteiger partial charge in [-0.15, -0.1) is 0 Å². The Balaban J connectivity index is 1.29. The molecule has 3 aromatic rings. The first kappa shape index (κ1) is 18.4. The van der Waals surface area contributed by atoms with E-state index in [9.17, 15) is 4.79 Å². The summed E-state index contributed by atoms with van der Waals surface area (Å²) in [5.41, 5.74) is 3.86. The van der Waals surface area contributed by atoms with Crippen molar-refractivity contribution in [3.8, 4) is 11.5 Å². The summed E-state index contributed by atoms with van der Waals surface area (Å²) in [6, 6.07) is 20.1. The molecule has 7 heteroatoms. The van der Waals surface area contributed by atoms with Crippen LogP contribution < -0.4 is 20.8 Å². The molecule has 3 aromatic carbocycles. The van der Waals surface area contributed by atoms with Crippen molar-refractivity contribution in [3.05, 3.63) is 82.9 Å². The van der Waals surface area contributed by atoms with Gasteiger partial charge in [-0.3, -0.25) is 0 Å². The fraction of sp³-hybridized carbons (Fsp3) is 0.0952. The maximum Gasteiger partial charge on any atom is 0.330 e. The van der Waals surface area contributed by atoms with Gasteiger partial charge in [0.2, 0.25) is 0 Å². The summed E-state index contributed by atoms with van der Waals surface area (Å²) in [5.74, 6) is 1.50. The Labute approximate surface area is 168 Å². The van der Waals surface area contributed by atoms with Crippen molar-refractivity contribution >= 4 is 36.3 Å². The molecule has 1 aliphatic rings. The Hall–Kier alpha value is -2.96. The molecule has 0 spiro atoms. The van der Waals surface area contributed by atoms with E-state index in [2.05, 4.69) is 10.6 Å². The standard InChI is InChI=1S/C21H17BClN2O3/c23-16-3-5-17(6-4-16)25-21(26)24-12-14-1-7-18(8-2-14)28-19-9-10-20-15(11-19)13-27-22-20/h1-11H,12-13H2,(H2,24,25,26). The molecule has 1 heterocycles. The molecule has 0 unspecified atom stereocenters. The molecule has 0 aromatic heterocycles. The number of amides is 2. The molecule has 1 radical (unpaired) electrons. The second kappa shape index (κ2) is 8.38. The summed E-state index contributed by atoms with van der Waals surface area (Å²) in [4.78, 5) is 12.0. The van der Waals surface area contributed by atoms with E-state index in [1.165, 1.54) is 0 Å². The lowest BCUT2D eigenvalue weighted by molar-refractivity contribution is 0.251. The predicted molar refractivity (Wildman–Crippen MR) is 110 cm³/mol. The lowest BCUT2D eigenvalue weighted by Crippen LogP contribution is -2.28. The predicted octanol–water partition coefficient (Wildman–Crippen LogP) is 4.23. The Morgan fingerprint density at radius 2 is 1.79 bits per heavy atom. The fourth-order valence-electron chi connectivity index (χ4n) is 2.81. The molecule has 0 saturated carbocycles. The van der Waals surface area contributed by atoms with Gasteiger partial charge < -0.3 is 20.0 Å². The van der Waals surface area contributed by atoms with Crippen LogP contribution in [0.3, 0.4) is 0 Å². The van der Waals surface area contributed by atoms with Crippen molar-refractivity contribution in [2.45, 2.75) is 13.2 Å². The minimum absolute atomic E-state index is 0.278. The van der Waals surface area contributed by atoms with Gasteiger partial charge in [0.05, 0.1) is 6.61 Å². The minimum Gasteiger partial charge on any atom is -0.457 e. The third-order valence-electron chi connectivity index (χ3n) is 4.28. The van der Waals surface area contributed by atoms with Gasteiger partial charge in [0.15, 0.2) is 0 Å². The topological polar surface area (TPSA) is 59.6 Å². The largest absolute Gasteiger partial charge is 0.457 e. The Bertz CT molecular complexity index is 978. The summed E-state index contributed by atoms with van der Waals surface area (Å²) in [6.07, 6.45) is 0. The van der Waals surface area contributed by atoms with Gasteiger partial charge >= 0.3 is 13.5 Å². The smallest absolute Gasteiger partial charge is 0.330 e. The van der Waals surface area contributed by atoms with Gasteiger partial charge in [-0.05, 0) is 65.1 Å². The van der Waals surface area contributed by atoms with Crippen molar-refractivity contribution in [1.29, 1.82) is 0 Å². The van der Waals surface area contributed by atoms with Gasteiger partial charge in [-0.2, -0.15) is 0 Å². The van der Waals surface area contributed by atoms with Crippen molar-refractivity contribution in [2.24, 2.45) is 0 Å². The average molecular weight is 392 g/mol. The number of benzene rings is 3. The van der Waals surface area contributed by atoms with E-state index in [1.807, 2.05) is 42.5 Å². The second-order valence-electron chi connectivity index (χ2n) is 6.35. The zero-order chi connectivity index (χ0) is 19.3. The number of fused-ring (bicyclic) bond motifs is 1. The first-order chi connectivity index (χ1) is 13.7. The highest BCUT2D eigenvalue weighted by Gasteiger charge is 2.14. The zero-order valence-corrected chi connectivity index (χ0v) is 15.7. The maximum atomic E-state index is 12.0. The van der Waals surface area contributed by atoms with Crippen molar-refractivity contribution in [1.82, 2.24) is 5.32 Å². The van der Waals surface area contributed by atoms with Crippen LogP contribution in [0.4, 0.5) is 10.5 Å². The average Bonchev–Trinajstić information content (AvgIpc) is 3.17. The number of rotatable bonds is 5. The van der Waals surface area contributed by atoms with Crippen molar-refractivity contribution < 1.29 is 14.2 Å². The maximum absolute atomic E-state index is 12.0.